The monoisotopic (exact) mass is 404 g/mol. The molecule has 0 aromatic heterocycles. The summed E-state index contributed by atoms with van der Waals surface area (Å²) < 4.78 is 23.1. The fourth-order valence-electron chi connectivity index (χ4n) is 3.82. The van der Waals surface area contributed by atoms with Crippen LogP contribution in [0, 0.1) is 0 Å². The molecule has 0 heterocycles. The summed E-state index contributed by atoms with van der Waals surface area (Å²) in [5, 5.41) is 0. The van der Waals surface area contributed by atoms with E-state index in [0.717, 1.165) is 6.29 Å². The Labute approximate surface area is 176 Å². The molecule has 1 aliphatic rings. The van der Waals surface area contributed by atoms with E-state index < -0.39 is 5.97 Å². The van der Waals surface area contributed by atoms with Crippen LogP contribution in [0.4, 0.5) is 0 Å². The molecule has 0 spiro atoms. The van der Waals surface area contributed by atoms with E-state index in [1.165, 1.54) is 36.5 Å². The second kappa shape index (κ2) is 8.79. The molecule has 0 atom stereocenters. The highest BCUT2D eigenvalue weighted by Gasteiger charge is 2.36. The van der Waals surface area contributed by atoms with Gasteiger partial charge < -0.3 is 18.9 Å². The van der Waals surface area contributed by atoms with Crippen molar-refractivity contribution in [3.63, 3.8) is 0 Å². The number of rotatable bonds is 9. The average Bonchev–Trinajstić information content (AvgIpc) is 3.14. The summed E-state index contributed by atoms with van der Waals surface area (Å²) in [6.45, 7) is 0.416. The fourth-order valence-corrected chi connectivity index (χ4v) is 3.82. The summed E-state index contributed by atoms with van der Waals surface area (Å²) in [6, 6.07) is 23.6. The summed E-state index contributed by atoms with van der Waals surface area (Å²) in [7, 11) is 3.05. The smallest absolute Gasteiger partial charge is 0.318 e. The lowest BCUT2D eigenvalue weighted by molar-refractivity contribution is -0.371. The molecule has 0 bridgehead atoms. The van der Waals surface area contributed by atoms with Crippen LogP contribution in [-0.2, 0) is 14.2 Å². The van der Waals surface area contributed by atoms with Gasteiger partial charge in [-0.2, -0.15) is 0 Å². The highest BCUT2D eigenvalue weighted by atomic mass is 16.9. The van der Waals surface area contributed by atoms with Crippen molar-refractivity contribution in [3.05, 3.63) is 89.5 Å². The molecule has 5 nitrogen and oxygen atoms in total. The van der Waals surface area contributed by atoms with Crippen LogP contribution >= 0.6 is 0 Å². The van der Waals surface area contributed by atoms with Crippen LogP contribution < -0.4 is 4.74 Å². The van der Waals surface area contributed by atoms with E-state index in [1.54, 1.807) is 24.3 Å². The second-order valence-corrected chi connectivity index (χ2v) is 7.10. The molecule has 3 aromatic rings. The van der Waals surface area contributed by atoms with Crippen molar-refractivity contribution in [1.29, 1.82) is 0 Å². The molecule has 0 N–H and O–H groups in total. The predicted octanol–water partition coefficient (Wildman–Crippen LogP) is 4.65. The summed E-state index contributed by atoms with van der Waals surface area (Å²) >= 11 is 0. The first-order valence-corrected chi connectivity index (χ1v) is 9.80. The van der Waals surface area contributed by atoms with Gasteiger partial charge >= 0.3 is 5.97 Å². The Hall–Kier alpha value is -2.99. The van der Waals surface area contributed by atoms with Crippen molar-refractivity contribution in [2.75, 3.05) is 27.4 Å². The van der Waals surface area contributed by atoms with Crippen LogP contribution in [0.5, 0.6) is 5.75 Å². The van der Waals surface area contributed by atoms with Crippen molar-refractivity contribution in [2.45, 2.75) is 11.9 Å². The molecule has 154 valence electrons. The van der Waals surface area contributed by atoms with Gasteiger partial charge in [0.2, 0.25) is 0 Å². The molecular weight excluding hydrogens is 380 g/mol. The second-order valence-electron chi connectivity index (χ2n) is 7.10. The van der Waals surface area contributed by atoms with Crippen molar-refractivity contribution in [1.82, 2.24) is 0 Å². The molecule has 0 radical (unpaired) electrons. The van der Waals surface area contributed by atoms with Crippen molar-refractivity contribution in [2.24, 2.45) is 0 Å². The van der Waals surface area contributed by atoms with E-state index in [0.29, 0.717) is 17.9 Å². The minimum absolute atomic E-state index is 0.0381. The quantitative estimate of drug-likeness (QED) is 0.384. The van der Waals surface area contributed by atoms with Crippen molar-refractivity contribution in [3.8, 4) is 16.9 Å². The van der Waals surface area contributed by atoms with Gasteiger partial charge in [0, 0.05) is 25.7 Å². The van der Waals surface area contributed by atoms with Gasteiger partial charge in [0.15, 0.2) is 6.61 Å². The maximum atomic E-state index is 10.8. The Kier molecular flexibility index (Phi) is 5.95. The Morgan fingerprint density at radius 1 is 0.833 bits per heavy atom. The molecule has 0 aliphatic heterocycles. The average molecular weight is 404 g/mol. The van der Waals surface area contributed by atoms with Crippen molar-refractivity contribution < 1.29 is 23.7 Å². The molecule has 0 fully saturated rings. The molecule has 0 amide bonds. The van der Waals surface area contributed by atoms with Crippen LogP contribution in [0.2, 0.25) is 0 Å². The van der Waals surface area contributed by atoms with Gasteiger partial charge in [-0.15, -0.1) is 0 Å². The summed E-state index contributed by atoms with van der Waals surface area (Å²) in [6.07, 6.45) is 0.790. The molecule has 0 saturated heterocycles. The van der Waals surface area contributed by atoms with Crippen molar-refractivity contribution >= 4 is 6.29 Å². The third-order valence-electron chi connectivity index (χ3n) is 5.49. The largest absolute Gasteiger partial charge is 0.485 e. The minimum Gasteiger partial charge on any atom is -0.485 e. The van der Waals surface area contributed by atoms with Crippen LogP contribution in [0.25, 0.3) is 11.1 Å². The lowest BCUT2D eigenvalue weighted by Gasteiger charge is -2.31. The first kappa shape index (κ1) is 20.3. The molecule has 0 unspecified atom stereocenters. The number of fused-ring (bicyclic) bond motifs is 3. The third kappa shape index (κ3) is 3.87. The van der Waals surface area contributed by atoms with E-state index >= 15 is 0 Å². The van der Waals surface area contributed by atoms with E-state index in [-0.39, 0.29) is 12.5 Å². The molecule has 5 heteroatoms. The zero-order chi connectivity index (χ0) is 21.0. The normalized spacial score (nSPS) is 13.0. The summed E-state index contributed by atoms with van der Waals surface area (Å²) in [5.41, 5.74) is 5.50. The maximum absolute atomic E-state index is 10.8. The first-order chi connectivity index (χ1) is 14.7. The zero-order valence-electron chi connectivity index (χ0n) is 17.0. The number of methoxy groups -OCH3 is 2. The number of hydrogen-bond donors (Lipinski definition) is 0. The Balaban J connectivity index is 1.50. The van der Waals surface area contributed by atoms with Gasteiger partial charge in [0.1, 0.15) is 12.0 Å². The van der Waals surface area contributed by atoms with Gasteiger partial charge in [-0.25, -0.2) is 0 Å². The zero-order valence-corrected chi connectivity index (χ0v) is 17.0. The van der Waals surface area contributed by atoms with Gasteiger partial charge in [-0.05, 0) is 46.5 Å². The van der Waals surface area contributed by atoms with Gasteiger partial charge in [0.05, 0.1) is 6.61 Å². The Morgan fingerprint density at radius 2 is 1.40 bits per heavy atom. The van der Waals surface area contributed by atoms with Gasteiger partial charge in [0.25, 0.3) is 0 Å². The molecule has 30 heavy (non-hydrogen) atoms. The standard InChI is InChI=1S/C25H24O5/c1-27-25(28-2,17-29-19-13-11-18(15-26)12-14-19)30-16-24-22-9-5-3-7-20(22)21-8-4-6-10-23(21)24/h3-15,24H,16-17H2,1-2H3. The SMILES string of the molecule is COC(COc1ccc(C=O)cc1)(OC)OCC1c2ccccc2-c2ccccc21. The van der Waals surface area contributed by atoms with Gasteiger partial charge in [-0.1, -0.05) is 48.5 Å². The molecule has 1 aliphatic carbocycles. The number of ether oxygens (including phenoxy) is 4. The Bertz CT molecular complexity index is 963. The lowest BCUT2D eigenvalue weighted by atomic mass is 9.98. The van der Waals surface area contributed by atoms with E-state index in [2.05, 4.69) is 36.4 Å². The number of hydrogen-bond acceptors (Lipinski definition) is 5. The molecule has 3 aromatic carbocycles. The number of carbonyl (C=O) groups is 1. The Morgan fingerprint density at radius 3 is 1.93 bits per heavy atom. The van der Waals surface area contributed by atoms with Crippen LogP contribution in [-0.4, -0.2) is 39.7 Å². The molecular formula is C25H24O5. The van der Waals surface area contributed by atoms with Crippen LogP contribution in [0.3, 0.4) is 0 Å². The maximum Gasteiger partial charge on any atom is 0.318 e. The van der Waals surface area contributed by atoms with E-state index in [9.17, 15) is 4.79 Å². The van der Waals surface area contributed by atoms with Crippen LogP contribution in [0.15, 0.2) is 72.8 Å². The number of aldehydes is 1. The highest BCUT2D eigenvalue weighted by molar-refractivity contribution is 5.78. The molecule has 4 rings (SSSR count). The predicted molar refractivity (Wildman–Crippen MR) is 114 cm³/mol. The van der Waals surface area contributed by atoms with Gasteiger partial charge in [-0.3, -0.25) is 4.79 Å². The first-order valence-electron chi connectivity index (χ1n) is 9.80. The lowest BCUT2D eigenvalue weighted by Crippen LogP contribution is -2.44. The van der Waals surface area contributed by atoms with E-state index in [1.807, 2.05) is 12.1 Å². The third-order valence-corrected chi connectivity index (χ3v) is 5.49. The fraction of sp³-hybridized carbons (Fsp3) is 0.240. The summed E-state index contributed by atoms with van der Waals surface area (Å²) in [5.74, 6) is -0.677. The number of benzene rings is 3. The minimum atomic E-state index is -1.35. The van der Waals surface area contributed by atoms with Crippen LogP contribution in [0.1, 0.15) is 27.4 Å². The van der Waals surface area contributed by atoms with E-state index in [4.69, 9.17) is 18.9 Å². The topological polar surface area (TPSA) is 54.0 Å². The highest BCUT2D eigenvalue weighted by Crippen LogP contribution is 2.45. The number of carbonyl (C=O) groups excluding carboxylic acids is 1. The molecule has 0 saturated carbocycles. The summed E-state index contributed by atoms with van der Waals surface area (Å²) in [4.78, 5) is 10.8.